The van der Waals surface area contributed by atoms with Crippen molar-refractivity contribution in [1.82, 2.24) is 9.88 Å². The summed E-state index contributed by atoms with van der Waals surface area (Å²) in [6.07, 6.45) is 2.04. The zero-order valence-corrected chi connectivity index (χ0v) is 9.64. The van der Waals surface area contributed by atoms with Crippen molar-refractivity contribution >= 4 is 5.97 Å². The molecule has 0 aliphatic carbocycles. The second-order valence-corrected chi connectivity index (χ2v) is 4.31. The molecule has 1 fully saturated rings. The lowest BCUT2D eigenvalue weighted by molar-refractivity contribution is -0.148. The van der Waals surface area contributed by atoms with Crippen LogP contribution in [0.1, 0.15) is 25.1 Å². The maximum atomic E-state index is 12.8. The van der Waals surface area contributed by atoms with Crippen LogP contribution in [0, 0.1) is 11.7 Å². The van der Waals surface area contributed by atoms with Gasteiger partial charge < -0.3 is 5.11 Å². The largest absolute Gasteiger partial charge is 0.481 e. The van der Waals surface area contributed by atoms with E-state index in [-0.39, 0.29) is 17.8 Å². The minimum Gasteiger partial charge on any atom is -0.481 e. The van der Waals surface area contributed by atoms with Gasteiger partial charge in [0.1, 0.15) is 5.82 Å². The van der Waals surface area contributed by atoms with Crippen LogP contribution >= 0.6 is 0 Å². The molecule has 0 saturated carbocycles. The number of halogens is 1. The number of carboxylic acids is 1. The van der Waals surface area contributed by atoms with Gasteiger partial charge in [0.05, 0.1) is 23.9 Å². The molecule has 2 heterocycles. The Bertz CT molecular complexity index is 401. The van der Waals surface area contributed by atoms with Crippen LogP contribution in [0.15, 0.2) is 18.3 Å². The van der Waals surface area contributed by atoms with Gasteiger partial charge in [-0.25, -0.2) is 4.39 Å². The highest BCUT2D eigenvalue weighted by molar-refractivity contribution is 5.71. The first-order chi connectivity index (χ1) is 8.11. The number of rotatable bonds is 4. The van der Waals surface area contributed by atoms with Crippen LogP contribution in [-0.4, -0.2) is 34.0 Å². The summed E-state index contributed by atoms with van der Waals surface area (Å²) in [5.41, 5.74) is 0.803. The molecule has 1 saturated heterocycles. The number of hydrogen-bond acceptors (Lipinski definition) is 3. The molecule has 5 heteroatoms. The summed E-state index contributed by atoms with van der Waals surface area (Å²) in [4.78, 5) is 16.9. The van der Waals surface area contributed by atoms with Crippen molar-refractivity contribution in [1.29, 1.82) is 0 Å². The van der Waals surface area contributed by atoms with Crippen LogP contribution in [0.4, 0.5) is 4.39 Å². The highest BCUT2D eigenvalue weighted by Crippen LogP contribution is 2.30. The van der Waals surface area contributed by atoms with Gasteiger partial charge in [0.25, 0.3) is 0 Å². The molecule has 0 bridgehead atoms. The molecule has 0 spiro atoms. The first-order valence-corrected chi connectivity index (χ1v) is 5.70. The lowest BCUT2D eigenvalue weighted by Gasteiger charge is -2.41. The number of aliphatic carboxylic acids is 1. The second kappa shape index (κ2) is 4.79. The van der Waals surface area contributed by atoms with E-state index in [9.17, 15) is 9.18 Å². The first kappa shape index (κ1) is 12.0. The van der Waals surface area contributed by atoms with E-state index < -0.39 is 5.97 Å². The van der Waals surface area contributed by atoms with Crippen molar-refractivity contribution in [2.75, 3.05) is 13.1 Å². The topological polar surface area (TPSA) is 53.4 Å². The zero-order chi connectivity index (χ0) is 12.4. The quantitative estimate of drug-likeness (QED) is 0.867. The summed E-state index contributed by atoms with van der Waals surface area (Å²) in [6, 6.07) is 3.14. The Morgan fingerprint density at radius 2 is 2.35 bits per heavy atom. The van der Waals surface area contributed by atoms with Crippen LogP contribution in [0.2, 0.25) is 0 Å². The van der Waals surface area contributed by atoms with Crippen molar-refractivity contribution in [3.8, 4) is 0 Å². The van der Waals surface area contributed by atoms with Crippen molar-refractivity contribution in [2.45, 2.75) is 19.4 Å². The highest BCUT2D eigenvalue weighted by Gasteiger charge is 2.36. The van der Waals surface area contributed by atoms with Crippen LogP contribution in [0.5, 0.6) is 0 Å². The van der Waals surface area contributed by atoms with Gasteiger partial charge in [-0.1, -0.05) is 6.92 Å². The summed E-state index contributed by atoms with van der Waals surface area (Å²) >= 11 is 0. The Hall–Kier alpha value is -1.49. The van der Waals surface area contributed by atoms with E-state index in [2.05, 4.69) is 9.88 Å². The van der Waals surface area contributed by atoms with E-state index in [1.54, 1.807) is 6.07 Å². The van der Waals surface area contributed by atoms with Gasteiger partial charge in [0, 0.05) is 13.1 Å². The lowest BCUT2D eigenvalue weighted by Crippen LogP contribution is -2.51. The molecule has 1 aromatic heterocycles. The Balaban J connectivity index is 2.03. The summed E-state index contributed by atoms with van der Waals surface area (Å²) < 4.78 is 12.8. The fourth-order valence-corrected chi connectivity index (χ4v) is 2.16. The van der Waals surface area contributed by atoms with Crippen molar-refractivity contribution in [2.24, 2.45) is 5.92 Å². The van der Waals surface area contributed by atoms with E-state index in [4.69, 9.17) is 5.11 Å². The number of pyridine rings is 1. The Morgan fingerprint density at radius 1 is 1.65 bits per heavy atom. The van der Waals surface area contributed by atoms with Crippen molar-refractivity contribution < 1.29 is 14.3 Å². The average Bonchev–Trinajstić information content (AvgIpc) is 2.23. The summed E-state index contributed by atoms with van der Waals surface area (Å²) in [5, 5.41) is 8.82. The molecule has 0 radical (unpaired) electrons. The molecule has 2 rings (SSSR count). The standard InChI is InChI=1S/C12H15FN2O2/c1-2-11(10-4-3-9(13)5-14-10)15-6-8(7-15)12(16)17/h3-5,8,11H,2,6-7H2,1H3,(H,16,17). The molecular formula is C12H15FN2O2. The normalized spacial score (nSPS) is 18.7. The minimum absolute atomic E-state index is 0.0891. The number of carboxylic acid groups (broad SMARTS) is 1. The third-order valence-corrected chi connectivity index (χ3v) is 3.18. The molecule has 1 aromatic rings. The van der Waals surface area contributed by atoms with E-state index in [1.807, 2.05) is 6.92 Å². The van der Waals surface area contributed by atoms with E-state index in [0.717, 1.165) is 12.1 Å². The Labute approximate surface area is 99.1 Å². The van der Waals surface area contributed by atoms with E-state index >= 15 is 0 Å². The monoisotopic (exact) mass is 238 g/mol. The summed E-state index contributed by atoms with van der Waals surface area (Å²) in [7, 11) is 0. The number of hydrogen-bond donors (Lipinski definition) is 1. The molecule has 1 aliphatic heterocycles. The van der Waals surface area contributed by atoms with Gasteiger partial charge in [-0.2, -0.15) is 0 Å². The number of carbonyl (C=O) groups is 1. The molecular weight excluding hydrogens is 223 g/mol. The molecule has 0 amide bonds. The van der Waals surface area contributed by atoms with Gasteiger partial charge >= 0.3 is 5.97 Å². The van der Waals surface area contributed by atoms with Crippen LogP contribution in [0.3, 0.4) is 0 Å². The summed E-state index contributed by atoms with van der Waals surface area (Å²) in [5.74, 6) is -1.37. The molecule has 1 unspecified atom stereocenters. The van der Waals surface area contributed by atoms with Gasteiger partial charge in [0.15, 0.2) is 0 Å². The smallest absolute Gasteiger partial charge is 0.309 e. The predicted molar refractivity (Wildman–Crippen MR) is 59.9 cm³/mol. The van der Waals surface area contributed by atoms with Gasteiger partial charge in [0.2, 0.25) is 0 Å². The van der Waals surface area contributed by atoms with E-state index in [0.29, 0.717) is 13.1 Å². The highest BCUT2D eigenvalue weighted by atomic mass is 19.1. The third kappa shape index (κ3) is 2.44. The predicted octanol–water partition coefficient (Wildman–Crippen LogP) is 1.69. The van der Waals surface area contributed by atoms with Gasteiger partial charge in [-0.05, 0) is 18.6 Å². The number of aromatic nitrogens is 1. The SMILES string of the molecule is CCC(c1ccc(F)cn1)N1CC(C(=O)O)C1. The van der Waals surface area contributed by atoms with Crippen molar-refractivity contribution in [3.63, 3.8) is 0 Å². The van der Waals surface area contributed by atoms with Crippen LogP contribution in [-0.2, 0) is 4.79 Å². The Morgan fingerprint density at radius 3 is 2.82 bits per heavy atom. The van der Waals surface area contributed by atoms with Gasteiger partial charge in [-0.3, -0.25) is 14.7 Å². The molecule has 92 valence electrons. The van der Waals surface area contributed by atoms with E-state index in [1.165, 1.54) is 12.3 Å². The first-order valence-electron chi connectivity index (χ1n) is 5.70. The Kier molecular flexibility index (Phi) is 3.38. The lowest BCUT2D eigenvalue weighted by atomic mass is 9.95. The minimum atomic E-state index is -0.747. The average molecular weight is 238 g/mol. The third-order valence-electron chi connectivity index (χ3n) is 3.18. The number of likely N-dealkylation sites (tertiary alicyclic amines) is 1. The maximum absolute atomic E-state index is 12.8. The molecule has 1 aliphatic rings. The molecule has 17 heavy (non-hydrogen) atoms. The maximum Gasteiger partial charge on any atom is 0.309 e. The van der Waals surface area contributed by atoms with Crippen molar-refractivity contribution in [3.05, 3.63) is 29.8 Å². The second-order valence-electron chi connectivity index (χ2n) is 4.31. The molecule has 4 nitrogen and oxygen atoms in total. The fraction of sp³-hybridized carbons (Fsp3) is 0.500. The van der Waals surface area contributed by atoms with Crippen LogP contribution in [0.25, 0.3) is 0 Å². The zero-order valence-electron chi connectivity index (χ0n) is 9.64. The molecule has 1 atom stereocenters. The molecule has 0 aromatic carbocycles. The van der Waals surface area contributed by atoms with Gasteiger partial charge in [-0.15, -0.1) is 0 Å². The summed E-state index contributed by atoms with van der Waals surface area (Å²) in [6.45, 7) is 3.11. The van der Waals surface area contributed by atoms with Crippen LogP contribution < -0.4 is 0 Å². The molecule has 1 N–H and O–H groups in total. The fourth-order valence-electron chi connectivity index (χ4n) is 2.16. The number of nitrogens with zero attached hydrogens (tertiary/aromatic N) is 2.